The van der Waals surface area contributed by atoms with E-state index in [1.165, 1.54) is 0 Å². The van der Waals surface area contributed by atoms with Crippen LogP contribution >= 0.6 is 0 Å². The molecule has 3 N–H and O–H groups in total. The van der Waals surface area contributed by atoms with Crippen LogP contribution in [0.3, 0.4) is 0 Å². The van der Waals surface area contributed by atoms with Crippen molar-refractivity contribution in [1.82, 2.24) is 0 Å². The molecule has 0 radical (unpaired) electrons. The van der Waals surface area contributed by atoms with Gasteiger partial charge in [-0.2, -0.15) is 0 Å². The lowest BCUT2D eigenvalue weighted by Crippen LogP contribution is -2.22. The summed E-state index contributed by atoms with van der Waals surface area (Å²) in [6, 6.07) is 12.8. The van der Waals surface area contributed by atoms with Crippen molar-refractivity contribution < 1.29 is 14.3 Å². The highest BCUT2D eigenvalue weighted by atomic mass is 16.5. The Morgan fingerprint density at radius 1 is 1.11 bits per heavy atom. The van der Waals surface area contributed by atoms with E-state index in [9.17, 15) is 9.59 Å². The third-order valence-electron chi connectivity index (χ3n) is 4.49. The third kappa shape index (κ3) is 5.36. The average Bonchev–Trinajstić information content (AvgIpc) is 3.53. The van der Waals surface area contributed by atoms with Crippen molar-refractivity contribution in [3.63, 3.8) is 0 Å². The Labute approximate surface area is 165 Å². The molecule has 1 saturated carbocycles. The molecule has 0 heterocycles. The molecule has 6 heteroatoms. The predicted molar refractivity (Wildman–Crippen MR) is 112 cm³/mol. The Morgan fingerprint density at radius 2 is 1.82 bits per heavy atom. The summed E-state index contributed by atoms with van der Waals surface area (Å²) in [4.78, 5) is 24.2. The first-order valence-electron chi connectivity index (χ1n) is 9.35. The van der Waals surface area contributed by atoms with E-state index in [0.717, 1.165) is 35.5 Å². The molecule has 0 bridgehead atoms. The van der Waals surface area contributed by atoms with E-state index in [2.05, 4.69) is 22.5 Å². The highest BCUT2D eigenvalue weighted by Gasteiger charge is 2.29. The Morgan fingerprint density at radius 3 is 2.50 bits per heavy atom. The Balaban J connectivity index is 1.52. The molecule has 1 aliphatic rings. The summed E-state index contributed by atoms with van der Waals surface area (Å²) in [5, 5.41) is 8.93. The summed E-state index contributed by atoms with van der Waals surface area (Å²) < 4.78 is 5.42. The van der Waals surface area contributed by atoms with Crippen molar-refractivity contribution in [3.05, 3.63) is 60.7 Å². The van der Waals surface area contributed by atoms with Gasteiger partial charge in [-0.25, -0.2) is 0 Å². The molecule has 146 valence electrons. The van der Waals surface area contributed by atoms with Gasteiger partial charge in [0.25, 0.3) is 0 Å². The summed E-state index contributed by atoms with van der Waals surface area (Å²) in [5.41, 5.74) is 3.20. The van der Waals surface area contributed by atoms with E-state index in [0.29, 0.717) is 12.3 Å². The number of carbonyl (C=O) groups excluding carboxylic acids is 2. The van der Waals surface area contributed by atoms with Crippen molar-refractivity contribution in [1.29, 1.82) is 0 Å². The minimum Gasteiger partial charge on any atom is -0.490 e. The topological polar surface area (TPSA) is 79.5 Å². The summed E-state index contributed by atoms with van der Waals surface area (Å²) in [6.45, 7) is 6.09. The second-order valence-electron chi connectivity index (χ2n) is 6.77. The highest BCUT2D eigenvalue weighted by molar-refractivity contribution is 5.96. The van der Waals surface area contributed by atoms with Crippen LogP contribution in [0.4, 0.5) is 17.1 Å². The summed E-state index contributed by atoms with van der Waals surface area (Å²) in [6.07, 6.45) is 3.60. The van der Waals surface area contributed by atoms with Crippen LogP contribution < -0.4 is 20.7 Å². The van der Waals surface area contributed by atoms with Gasteiger partial charge in [-0.05, 0) is 61.7 Å². The van der Waals surface area contributed by atoms with E-state index in [-0.39, 0.29) is 24.3 Å². The van der Waals surface area contributed by atoms with Gasteiger partial charge in [-0.1, -0.05) is 18.7 Å². The van der Waals surface area contributed by atoms with Gasteiger partial charge in [0.1, 0.15) is 12.4 Å². The van der Waals surface area contributed by atoms with Gasteiger partial charge in [-0.3, -0.25) is 9.59 Å². The van der Waals surface area contributed by atoms with Crippen LogP contribution in [-0.2, 0) is 9.59 Å². The number of hydrogen-bond donors (Lipinski definition) is 3. The molecule has 3 rings (SSSR count). The monoisotopic (exact) mass is 379 g/mol. The van der Waals surface area contributed by atoms with Gasteiger partial charge in [0, 0.05) is 23.0 Å². The van der Waals surface area contributed by atoms with E-state index < -0.39 is 0 Å². The van der Waals surface area contributed by atoms with Gasteiger partial charge >= 0.3 is 0 Å². The van der Waals surface area contributed by atoms with E-state index >= 15 is 0 Å². The van der Waals surface area contributed by atoms with Crippen molar-refractivity contribution in [2.75, 3.05) is 29.1 Å². The number of amides is 2. The van der Waals surface area contributed by atoms with Gasteiger partial charge in [-0.15, -0.1) is 0 Å². The molecular weight excluding hydrogens is 354 g/mol. The average molecular weight is 379 g/mol. The minimum atomic E-state index is -0.161. The van der Waals surface area contributed by atoms with Crippen molar-refractivity contribution in [2.45, 2.75) is 19.8 Å². The molecule has 0 spiro atoms. The first-order chi connectivity index (χ1) is 13.6. The van der Waals surface area contributed by atoms with Gasteiger partial charge in [0.05, 0.1) is 6.54 Å². The predicted octanol–water partition coefficient (Wildman–Crippen LogP) is 3.96. The molecule has 0 atom stereocenters. The van der Waals surface area contributed by atoms with Crippen molar-refractivity contribution in [3.8, 4) is 5.75 Å². The van der Waals surface area contributed by atoms with Gasteiger partial charge in [0.2, 0.25) is 11.8 Å². The number of rotatable bonds is 9. The zero-order valence-corrected chi connectivity index (χ0v) is 16.0. The van der Waals surface area contributed by atoms with Crippen LogP contribution in [0.1, 0.15) is 18.4 Å². The largest absolute Gasteiger partial charge is 0.490 e. The number of ether oxygens (including phenoxy) is 1. The van der Waals surface area contributed by atoms with Crippen LogP contribution in [0, 0.1) is 12.8 Å². The number of hydrogen-bond acceptors (Lipinski definition) is 4. The third-order valence-corrected chi connectivity index (χ3v) is 4.49. The van der Waals surface area contributed by atoms with Crippen LogP contribution in [0.15, 0.2) is 55.1 Å². The Hall–Kier alpha value is -3.28. The Bertz CT molecular complexity index is 858. The molecule has 28 heavy (non-hydrogen) atoms. The first kappa shape index (κ1) is 19.5. The molecule has 2 aromatic rings. The second-order valence-corrected chi connectivity index (χ2v) is 6.77. The molecule has 0 unspecified atom stereocenters. The number of benzene rings is 2. The molecule has 2 amide bonds. The fraction of sp³-hybridized carbons (Fsp3) is 0.273. The van der Waals surface area contributed by atoms with Crippen molar-refractivity contribution in [2.24, 2.45) is 5.92 Å². The lowest BCUT2D eigenvalue weighted by atomic mass is 10.1. The summed E-state index contributed by atoms with van der Waals surface area (Å²) in [7, 11) is 0. The fourth-order valence-electron chi connectivity index (χ4n) is 2.71. The second kappa shape index (κ2) is 9.08. The standard InChI is InChI=1S/C22H25N3O3/c1-3-13-28-18-11-9-17(10-12-18)24-21(26)14-23-19-5-4-6-20(15(19)2)25-22(27)16-7-8-16/h3-6,9-12,16,23H,1,7-8,13-14H2,2H3,(H,24,26)(H,25,27). The van der Waals surface area contributed by atoms with Gasteiger partial charge < -0.3 is 20.7 Å². The van der Waals surface area contributed by atoms with E-state index in [4.69, 9.17) is 4.74 Å². The molecule has 0 saturated heterocycles. The van der Waals surface area contributed by atoms with Gasteiger partial charge in [0.15, 0.2) is 0 Å². The smallest absolute Gasteiger partial charge is 0.243 e. The zero-order valence-electron chi connectivity index (χ0n) is 16.0. The first-order valence-corrected chi connectivity index (χ1v) is 9.35. The summed E-state index contributed by atoms with van der Waals surface area (Å²) >= 11 is 0. The lowest BCUT2D eigenvalue weighted by molar-refractivity contribution is -0.117. The van der Waals surface area contributed by atoms with Crippen molar-refractivity contribution >= 4 is 28.9 Å². The normalized spacial score (nSPS) is 12.8. The molecule has 1 aliphatic carbocycles. The Kier molecular flexibility index (Phi) is 6.32. The maximum absolute atomic E-state index is 12.2. The molecular formula is C22H25N3O3. The number of nitrogens with one attached hydrogen (secondary N) is 3. The molecule has 1 fully saturated rings. The quantitative estimate of drug-likeness (QED) is 0.576. The molecule has 2 aromatic carbocycles. The van der Waals surface area contributed by atoms with E-state index in [1.807, 2.05) is 25.1 Å². The fourth-order valence-corrected chi connectivity index (χ4v) is 2.71. The maximum atomic E-state index is 12.2. The molecule has 0 aliphatic heterocycles. The number of carbonyl (C=O) groups is 2. The molecule has 6 nitrogen and oxygen atoms in total. The highest BCUT2D eigenvalue weighted by Crippen LogP contribution is 2.31. The van der Waals surface area contributed by atoms with E-state index in [1.54, 1.807) is 30.3 Å². The number of anilines is 3. The van der Waals surface area contributed by atoms with Crippen LogP contribution in [0.5, 0.6) is 5.75 Å². The lowest BCUT2D eigenvalue weighted by Gasteiger charge is -2.14. The SMILES string of the molecule is C=CCOc1ccc(NC(=O)CNc2cccc(NC(=O)C3CC3)c2C)cc1. The van der Waals surface area contributed by atoms with Crippen LogP contribution in [-0.4, -0.2) is 25.0 Å². The summed E-state index contributed by atoms with van der Waals surface area (Å²) in [5.74, 6) is 0.775. The zero-order chi connectivity index (χ0) is 19.9. The maximum Gasteiger partial charge on any atom is 0.243 e. The minimum absolute atomic E-state index is 0.0681. The van der Waals surface area contributed by atoms with Crippen LogP contribution in [0.2, 0.25) is 0 Å². The van der Waals surface area contributed by atoms with Crippen LogP contribution in [0.25, 0.3) is 0 Å². The molecule has 0 aromatic heterocycles.